The van der Waals surface area contributed by atoms with Crippen LogP contribution in [0, 0.1) is 0 Å². The van der Waals surface area contributed by atoms with Crippen molar-refractivity contribution in [3.63, 3.8) is 0 Å². The van der Waals surface area contributed by atoms with Gasteiger partial charge >= 0.3 is 12.1 Å². The van der Waals surface area contributed by atoms with E-state index in [1.165, 1.54) is 5.56 Å². The van der Waals surface area contributed by atoms with Crippen LogP contribution in [0.2, 0.25) is 0 Å². The van der Waals surface area contributed by atoms with Crippen molar-refractivity contribution < 1.29 is 35.9 Å². The number of carbonyl (C=O) groups excluding carboxylic acids is 2. The van der Waals surface area contributed by atoms with E-state index in [9.17, 15) is 26.4 Å². The van der Waals surface area contributed by atoms with Crippen LogP contribution in [-0.2, 0) is 47.0 Å². The Balaban J connectivity index is 0.000000231. The highest BCUT2D eigenvalue weighted by Crippen LogP contribution is 2.22. The zero-order valence-electron chi connectivity index (χ0n) is 33.5. The standard InChI is InChI=1S/C21H25N3O4S2.C16H19N3O2S.C4H5NO2S/c1-2-28-21(25)14-20(29)23-19-5-3-4-18(22-19)17-8-6-16(7-9-17)15-24-10-12-30(26,27)13-11-24;17-16-3-1-2-15(18-16)14-6-4-13(5-7-14)12-19-8-10-22(20,21)11-9-19;1-2-7-4(6)5-3-8/h3-9H,2,10-15H2,1H3,(H,22,23,29);1-7H,8-12H2,(H2,17,18);2H2,1H3. The highest BCUT2D eigenvalue weighted by molar-refractivity contribution is 7.91. The van der Waals surface area contributed by atoms with Crippen molar-refractivity contribution in [1.82, 2.24) is 19.8 Å². The van der Waals surface area contributed by atoms with E-state index in [1.807, 2.05) is 65.8 Å². The number of nitrogens with zero attached hydrogens (tertiary/aromatic N) is 5. The Morgan fingerprint density at radius 1 is 0.733 bits per heavy atom. The normalized spacial score (nSPS) is 15.6. The lowest BCUT2D eigenvalue weighted by molar-refractivity contribution is -0.141. The Morgan fingerprint density at radius 2 is 1.20 bits per heavy atom. The molecule has 15 nitrogen and oxygen atoms in total. The number of esters is 1. The highest BCUT2D eigenvalue weighted by atomic mass is 32.2. The van der Waals surface area contributed by atoms with Crippen molar-refractivity contribution in [3.05, 3.63) is 96.1 Å². The maximum Gasteiger partial charge on any atom is 0.442 e. The molecule has 2 saturated heterocycles. The first-order chi connectivity index (χ1) is 28.7. The van der Waals surface area contributed by atoms with Gasteiger partial charge in [-0.05, 0) is 61.5 Å². The van der Waals surface area contributed by atoms with Gasteiger partial charge in [-0.2, -0.15) is 0 Å². The van der Waals surface area contributed by atoms with Crippen LogP contribution in [0.3, 0.4) is 0 Å². The summed E-state index contributed by atoms with van der Waals surface area (Å²) in [4.78, 5) is 38.2. The Labute approximate surface area is 362 Å². The van der Waals surface area contributed by atoms with Gasteiger partial charge in [-0.3, -0.25) is 14.6 Å². The fourth-order valence-corrected chi connectivity index (χ4v) is 8.75. The molecule has 0 bridgehead atoms. The van der Waals surface area contributed by atoms with E-state index < -0.39 is 25.8 Å². The third-order valence-corrected chi connectivity index (χ3v) is 12.5. The number of hydrogen-bond acceptors (Lipinski definition) is 15. The van der Waals surface area contributed by atoms with Crippen molar-refractivity contribution in [2.75, 3.05) is 73.5 Å². The highest BCUT2D eigenvalue weighted by Gasteiger charge is 2.22. The van der Waals surface area contributed by atoms with Gasteiger partial charge in [-0.25, -0.2) is 31.6 Å². The van der Waals surface area contributed by atoms with E-state index in [0.717, 1.165) is 41.2 Å². The van der Waals surface area contributed by atoms with E-state index in [1.54, 1.807) is 26.0 Å². The molecule has 4 heterocycles. The second-order valence-electron chi connectivity index (χ2n) is 13.5. The number of aliphatic imine (C=N–C) groups is 1. The van der Waals surface area contributed by atoms with Crippen LogP contribution in [0.25, 0.3) is 22.5 Å². The molecular weight excluding hydrogens is 847 g/mol. The molecule has 3 N–H and O–H groups in total. The number of anilines is 2. The maximum absolute atomic E-state index is 11.6. The summed E-state index contributed by atoms with van der Waals surface area (Å²) in [6.07, 6.45) is -0.663. The third kappa shape index (κ3) is 16.9. The van der Waals surface area contributed by atoms with Crippen molar-refractivity contribution >= 4 is 78.0 Å². The topological polar surface area (TPSA) is 204 Å². The molecule has 4 aromatic rings. The summed E-state index contributed by atoms with van der Waals surface area (Å²) in [6, 6.07) is 27.4. The molecule has 2 aromatic heterocycles. The number of carbonyl (C=O) groups is 2. The van der Waals surface area contributed by atoms with Crippen LogP contribution in [0.1, 0.15) is 31.4 Å². The second kappa shape index (κ2) is 23.7. The SMILES string of the molecule is CCOC(=O)CC(=S)Nc1cccc(-c2ccc(CN3CCS(=O)(=O)CC3)cc2)n1.CCOC(=O)N=C=S.Nc1cccc(-c2ccc(CN3CCS(=O)(=O)CC3)cc2)n1. The maximum atomic E-state index is 11.6. The lowest BCUT2D eigenvalue weighted by Crippen LogP contribution is -2.39. The molecule has 0 saturated carbocycles. The zero-order chi connectivity index (χ0) is 43.5. The minimum absolute atomic E-state index is 0.0155. The number of amides is 1. The van der Waals surface area contributed by atoms with Gasteiger partial charge in [-0.15, -0.1) is 4.99 Å². The molecule has 2 aliphatic rings. The number of thiocarbonyl (C=S) groups is 2. The van der Waals surface area contributed by atoms with Gasteiger partial charge in [-0.1, -0.05) is 72.9 Å². The number of isothiocyanates is 1. The summed E-state index contributed by atoms with van der Waals surface area (Å²) in [7, 11) is -5.68. The molecular formula is C41H49N7O8S4. The van der Waals surface area contributed by atoms with Gasteiger partial charge in [0.1, 0.15) is 11.6 Å². The smallest absolute Gasteiger partial charge is 0.442 e. The quantitative estimate of drug-likeness (QED) is 0.109. The van der Waals surface area contributed by atoms with Crippen LogP contribution < -0.4 is 11.1 Å². The van der Waals surface area contributed by atoms with Gasteiger partial charge in [0.2, 0.25) is 0 Å². The van der Waals surface area contributed by atoms with Crippen molar-refractivity contribution in [2.24, 2.45) is 4.99 Å². The molecule has 6 rings (SSSR count). The van der Waals surface area contributed by atoms with Crippen molar-refractivity contribution in [3.8, 4) is 22.5 Å². The zero-order valence-corrected chi connectivity index (χ0v) is 36.8. The number of benzene rings is 2. The Morgan fingerprint density at radius 3 is 1.65 bits per heavy atom. The van der Waals surface area contributed by atoms with E-state index in [2.05, 4.69) is 59.2 Å². The summed E-state index contributed by atoms with van der Waals surface area (Å²) < 4.78 is 55.2. The Bertz CT molecular complexity index is 2310. The van der Waals surface area contributed by atoms with Gasteiger partial charge in [0.05, 0.1) is 64.2 Å². The molecule has 0 unspecified atom stereocenters. The van der Waals surface area contributed by atoms with Crippen LogP contribution >= 0.6 is 24.4 Å². The number of rotatable bonds is 11. The average Bonchev–Trinajstić information content (AvgIpc) is 3.21. The molecule has 0 radical (unpaired) electrons. The number of ether oxygens (including phenoxy) is 2. The molecule has 0 aliphatic carbocycles. The van der Waals surface area contributed by atoms with Crippen LogP contribution in [-0.4, -0.2) is 121 Å². The summed E-state index contributed by atoms with van der Waals surface area (Å²) >= 11 is 9.33. The number of hydrogen-bond donors (Lipinski definition) is 2. The number of sulfone groups is 2. The largest absolute Gasteiger partial charge is 0.466 e. The molecule has 19 heteroatoms. The molecule has 60 heavy (non-hydrogen) atoms. The average molecular weight is 896 g/mol. The predicted molar refractivity (Wildman–Crippen MR) is 241 cm³/mol. The third-order valence-electron chi connectivity index (χ3n) is 8.99. The number of nitrogen functional groups attached to an aromatic ring is 1. The summed E-state index contributed by atoms with van der Waals surface area (Å²) in [5.74, 6) is 1.69. The second-order valence-corrected chi connectivity index (χ2v) is 18.8. The minimum Gasteiger partial charge on any atom is -0.466 e. The van der Waals surface area contributed by atoms with Gasteiger partial charge in [0, 0.05) is 50.4 Å². The molecule has 2 fully saturated rings. The number of nitrogens with two attached hydrogens (primary N) is 1. The first-order valence-corrected chi connectivity index (χ1v) is 23.6. The Hall–Kier alpha value is -5.01. The van der Waals surface area contributed by atoms with Crippen molar-refractivity contribution in [1.29, 1.82) is 0 Å². The van der Waals surface area contributed by atoms with E-state index in [-0.39, 0.29) is 35.4 Å². The lowest BCUT2D eigenvalue weighted by atomic mass is 10.1. The van der Waals surface area contributed by atoms with E-state index in [0.29, 0.717) is 56.0 Å². The Kier molecular flexibility index (Phi) is 18.8. The monoisotopic (exact) mass is 895 g/mol. The lowest BCUT2D eigenvalue weighted by Gasteiger charge is -2.26. The van der Waals surface area contributed by atoms with Crippen LogP contribution in [0.15, 0.2) is 89.9 Å². The van der Waals surface area contributed by atoms with E-state index >= 15 is 0 Å². The molecule has 0 atom stereocenters. The summed E-state index contributed by atoms with van der Waals surface area (Å²) in [6.45, 7) is 7.96. The number of nitrogens with one attached hydrogen (secondary N) is 1. The fraction of sp³-hybridized carbons (Fsp3) is 0.366. The van der Waals surface area contributed by atoms with Crippen LogP contribution in [0.4, 0.5) is 16.4 Å². The number of pyridine rings is 2. The fourth-order valence-electron chi connectivity index (χ4n) is 5.90. The molecule has 320 valence electrons. The predicted octanol–water partition coefficient (Wildman–Crippen LogP) is 5.48. The molecule has 1 amide bonds. The molecule has 2 aliphatic heterocycles. The first-order valence-electron chi connectivity index (χ1n) is 19.1. The number of aromatic nitrogens is 2. The van der Waals surface area contributed by atoms with Crippen LogP contribution in [0.5, 0.6) is 0 Å². The first kappa shape index (κ1) is 47.7. The minimum atomic E-state index is -2.86. The van der Waals surface area contributed by atoms with Gasteiger partial charge in [0.25, 0.3) is 0 Å². The van der Waals surface area contributed by atoms with Gasteiger partial charge < -0.3 is 20.5 Å². The van der Waals surface area contributed by atoms with E-state index in [4.69, 9.17) is 22.7 Å². The molecule has 0 spiro atoms. The van der Waals surface area contributed by atoms with Gasteiger partial charge in [0.15, 0.2) is 19.7 Å². The summed E-state index contributed by atoms with van der Waals surface area (Å²) in [5, 5.41) is 4.86. The van der Waals surface area contributed by atoms with Crippen molar-refractivity contribution in [2.45, 2.75) is 33.4 Å². The molecule has 2 aromatic carbocycles. The summed E-state index contributed by atoms with van der Waals surface area (Å²) in [5.41, 5.74) is 11.6.